The van der Waals surface area contributed by atoms with Crippen molar-refractivity contribution in [2.45, 2.75) is 31.5 Å². The van der Waals surface area contributed by atoms with Gasteiger partial charge in [-0.3, -0.25) is 9.80 Å². The lowest BCUT2D eigenvalue weighted by Crippen LogP contribution is -2.47. The summed E-state index contributed by atoms with van der Waals surface area (Å²) in [6.07, 6.45) is 1.56. The summed E-state index contributed by atoms with van der Waals surface area (Å²) in [6, 6.07) is 8.99. The number of thioether (sulfide) groups is 1. The molecule has 1 aromatic rings. The summed E-state index contributed by atoms with van der Waals surface area (Å²) in [6.45, 7) is 6.67. The van der Waals surface area contributed by atoms with Gasteiger partial charge in [0.2, 0.25) is 0 Å². The molecule has 0 aromatic heterocycles. The number of aliphatic hydroxyl groups excluding tert-OH is 1. The molecule has 1 aromatic carbocycles. The highest BCUT2D eigenvalue weighted by Gasteiger charge is 2.31. The quantitative estimate of drug-likeness (QED) is 0.773. The van der Waals surface area contributed by atoms with Gasteiger partial charge in [-0.2, -0.15) is 11.8 Å². The summed E-state index contributed by atoms with van der Waals surface area (Å²) in [5, 5.41) is 13.4. The molecule has 4 rings (SSSR count). The molecule has 2 fully saturated rings. The summed E-state index contributed by atoms with van der Waals surface area (Å²) in [4.78, 5) is 19.2. The van der Waals surface area contributed by atoms with E-state index in [1.807, 2.05) is 16.7 Å². The number of nitrogens with zero attached hydrogens (tertiary/aromatic N) is 3. The number of rotatable bonds is 5. The fourth-order valence-corrected chi connectivity index (χ4v) is 5.49. The molecule has 2 N–H and O–H groups in total. The maximum absolute atomic E-state index is 12.5. The lowest BCUT2D eigenvalue weighted by molar-refractivity contribution is 0.104. The van der Waals surface area contributed by atoms with Crippen molar-refractivity contribution in [1.82, 2.24) is 20.0 Å². The van der Waals surface area contributed by atoms with E-state index in [-0.39, 0.29) is 6.03 Å². The molecule has 3 aliphatic heterocycles. The zero-order valence-corrected chi connectivity index (χ0v) is 17.4. The van der Waals surface area contributed by atoms with Gasteiger partial charge in [-0.25, -0.2) is 4.79 Å². The van der Waals surface area contributed by atoms with Crippen LogP contribution in [0.1, 0.15) is 17.5 Å². The van der Waals surface area contributed by atoms with Crippen molar-refractivity contribution in [3.8, 4) is 0 Å². The highest BCUT2D eigenvalue weighted by molar-refractivity contribution is 7.99. The first-order valence-electron chi connectivity index (χ1n) is 10.5. The van der Waals surface area contributed by atoms with Crippen molar-refractivity contribution < 1.29 is 9.90 Å². The zero-order valence-electron chi connectivity index (χ0n) is 16.6. The van der Waals surface area contributed by atoms with E-state index in [4.69, 9.17) is 0 Å². The fraction of sp³-hybridized carbons (Fsp3) is 0.667. The number of carbonyl (C=O) groups excluding carboxylic acids is 1. The van der Waals surface area contributed by atoms with Gasteiger partial charge in [0, 0.05) is 69.9 Å². The smallest absolute Gasteiger partial charge is 0.317 e. The second kappa shape index (κ2) is 9.48. The first-order chi connectivity index (χ1) is 13.7. The Morgan fingerprint density at radius 3 is 2.79 bits per heavy atom. The van der Waals surface area contributed by atoms with Crippen LogP contribution in [0, 0.1) is 0 Å². The molecule has 3 aliphatic rings. The van der Waals surface area contributed by atoms with Crippen LogP contribution in [0.2, 0.25) is 0 Å². The lowest BCUT2D eigenvalue weighted by Gasteiger charge is -2.32. The number of carbonyl (C=O) groups is 1. The summed E-state index contributed by atoms with van der Waals surface area (Å²) >= 11 is 2.02. The van der Waals surface area contributed by atoms with Crippen LogP contribution in [0.5, 0.6) is 0 Å². The standard InChI is InChI=1S/C21H32N4O2S/c26-20(16-23-7-5-17-3-1-2-4-18(17)14-23)13-22-21(27)25-8-6-19(15-25)24-9-11-28-12-10-24/h1-4,19-20,26H,5-16H2,(H,22,27)/t19?,20-/m0/s1. The molecule has 2 saturated heterocycles. The van der Waals surface area contributed by atoms with E-state index < -0.39 is 6.10 Å². The highest BCUT2D eigenvalue weighted by Crippen LogP contribution is 2.20. The van der Waals surface area contributed by atoms with Crippen molar-refractivity contribution in [2.75, 3.05) is 57.3 Å². The Labute approximate surface area is 172 Å². The Bertz CT molecular complexity index is 668. The minimum atomic E-state index is -0.535. The largest absolute Gasteiger partial charge is 0.390 e. The first-order valence-corrected chi connectivity index (χ1v) is 11.7. The minimum absolute atomic E-state index is 0.0306. The molecule has 6 nitrogen and oxygen atoms in total. The third kappa shape index (κ3) is 5.00. The van der Waals surface area contributed by atoms with Crippen molar-refractivity contribution in [3.05, 3.63) is 35.4 Å². The van der Waals surface area contributed by atoms with Gasteiger partial charge in [0.25, 0.3) is 0 Å². The molecule has 0 radical (unpaired) electrons. The summed E-state index contributed by atoms with van der Waals surface area (Å²) in [7, 11) is 0. The number of nitrogens with one attached hydrogen (secondary N) is 1. The molecule has 0 spiro atoms. The van der Waals surface area contributed by atoms with Crippen molar-refractivity contribution in [2.24, 2.45) is 0 Å². The normalized spacial score (nSPS) is 24.8. The molecule has 2 amide bonds. The van der Waals surface area contributed by atoms with Gasteiger partial charge < -0.3 is 15.3 Å². The predicted molar refractivity (Wildman–Crippen MR) is 114 cm³/mol. The average Bonchev–Trinajstić information content (AvgIpc) is 3.23. The zero-order chi connectivity index (χ0) is 19.3. The van der Waals surface area contributed by atoms with E-state index in [2.05, 4.69) is 39.4 Å². The number of benzene rings is 1. The predicted octanol–water partition coefficient (Wildman–Crippen LogP) is 1.24. The van der Waals surface area contributed by atoms with Crippen LogP contribution in [0.3, 0.4) is 0 Å². The maximum Gasteiger partial charge on any atom is 0.317 e. The van der Waals surface area contributed by atoms with Crippen molar-refractivity contribution in [1.29, 1.82) is 0 Å². The first kappa shape index (κ1) is 20.0. The number of hydrogen-bond donors (Lipinski definition) is 2. The van der Waals surface area contributed by atoms with Crippen molar-refractivity contribution in [3.63, 3.8) is 0 Å². The third-order valence-electron chi connectivity index (χ3n) is 6.18. The number of hydrogen-bond acceptors (Lipinski definition) is 5. The van der Waals surface area contributed by atoms with Crippen LogP contribution in [-0.4, -0.2) is 95.3 Å². The molecule has 0 saturated carbocycles. The Balaban J connectivity index is 1.18. The van der Waals surface area contributed by atoms with E-state index in [9.17, 15) is 9.90 Å². The van der Waals surface area contributed by atoms with Gasteiger partial charge in [0.15, 0.2) is 0 Å². The van der Waals surface area contributed by atoms with E-state index in [1.165, 1.54) is 22.6 Å². The summed E-state index contributed by atoms with van der Waals surface area (Å²) in [5.41, 5.74) is 2.77. The molecular weight excluding hydrogens is 372 g/mol. The van der Waals surface area contributed by atoms with E-state index in [1.54, 1.807) is 0 Å². The average molecular weight is 405 g/mol. The number of urea groups is 1. The van der Waals surface area contributed by atoms with Crippen LogP contribution >= 0.6 is 11.8 Å². The van der Waals surface area contributed by atoms with Crippen molar-refractivity contribution >= 4 is 17.8 Å². The summed E-state index contributed by atoms with van der Waals surface area (Å²) < 4.78 is 0. The monoisotopic (exact) mass is 404 g/mol. The van der Waals surface area contributed by atoms with Gasteiger partial charge in [0.05, 0.1) is 6.10 Å². The molecule has 154 valence electrons. The molecule has 1 unspecified atom stereocenters. The van der Waals surface area contributed by atoms with Gasteiger partial charge in [-0.05, 0) is 24.0 Å². The van der Waals surface area contributed by atoms with Gasteiger partial charge in [0.1, 0.15) is 0 Å². The van der Waals surface area contributed by atoms with E-state index in [0.29, 0.717) is 19.1 Å². The number of aliphatic hydroxyl groups is 1. The molecular formula is C21H32N4O2S. The Morgan fingerprint density at radius 2 is 1.96 bits per heavy atom. The van der Waals surface area contributed by atoms with Crippen LogP contribution in [0.15, 0.2) is 24.3 Å². The maximum atomic E-state index is 12.5. The second-order valence-corrected chi connectivity index (χ2v) is 9.36. The molecule has 0 aliphatic carbocycles. The minimum Gasteiger partial charge on any atom is -0.390 e. The molecule has 2 atom stereocenters. The molecule has 28 heavy (non-hydrogen) atoms. The Morgan fingerprint density at radius 1 is 1.18 bits per heavy atom. The van der Waals surface area contributed by atoms with E-state index in [0.717, 1.165) is 52.1 Å². The number of likely N-dealkylation sites (tertiary alicyclic amines) is 1. The highest BCUT2D eigenvalue weighted by atomic mass is 32.2. The van der Waals surface area contributed by atoms with Crippen LogP contribution in [0.25, 0.3) is 0 Å². The SMILES string of the molecule is O=C(NC[C@H](O)CN1CCc2ccccc2C1)N1CCC(N2CCSCC2)C1. The second-order valence-electron chi connectivity index (χ2n) is 8.13. The lowest BCUT2D eigenvalue weighted by atomic mass is 10.00. The molecule has 0 bridgehead atoms. The fourth-order valence-electron chi connectivity index (χ4n) is 4.56. The molecule has 7 heteroatoms. The van der Waals surface area contributed by atoms with Gasteiger partial charge in [-0.15, -0.1) is 0 Å². The topological polar surface area (TPSA) is 59.1 Å². The van der Waals surface area contributed by atoms with Crippen LogP contribution in [-0.2, 0) is 13.0 Å². The molecule has 3 heterocycles. The number of fused-ring (bicyclic) bond motifs is 1. The van der Waals surface area contributed by atoms with Gasteiger partial charge >= 0.3 is 6.03 Å². The van der Waals surface area contributed by atoms with Gasteiger partial charge in [-0.1, -0.05) is 24.3 Å². The Hall–Kier alpha value is -1.28. The van der Waals surface area contributed by atoms with E-state index >= 15 is 0 Å². The Kier molecular flexibility index (Phi) is 6.77. The number of β-amino-alcohol motifs (C(OH)–C–C–N with tert-alkyl or cyclic N) is 1. The third-order valence-corrected chi connectivity index (χ3v) is 7.12. The number of amides is 2. The van der Waals surface area contributed by atoms with Crippen LogP contribution in [0.4, 0.5) is 4.79 Å². The summed E-state index contributed by atoms with van der Waals surface area (Å²) in [5.74, 6) is 2.41. The van der Waals surface area contributed by atoms with Crippen LogP contribution < -0.4 is 5.32 Å².